The number of ether oxygens (including phenoxy) is 1. The van der Waals surface area contributed by atoms with E-state index in [1.165, 1.54) is 11.8 Å². The van der Waals surface area contributed by atoms with E-state index in [1.807, 2.05) is 6.92 Å². The summed E-state index contributed by atoms with van der Waals surface area (Å²) in [5.74, 6) is -1.47. The number of nitrogens with one attached hydrogen (secondary N) is 1. The van der Waals surface area contributed by atoms with Gasteiger partial charge in [0.15, 0.2) is 0 Å². The van der Waals surface area contributed by atoms with Crippen molar-refractivity contribution >= 4 is 34.7 Å². The Balaban J connectivity index is 1.93. The van der Waals surface area contributed by atoms with Crippen molar-refractivity contribution in [1.29, 1.82) is 0 Å². The van der Waals surface area contributed by atoms with E-state index in [-0.39, 0.29) is 17.2 Å². The summed E-state index contributed by atoms with van der Waals surface area (Å²) in [6, 6.07) is 12.7. The minimum absolute atomic E-state index is 0.0289. The highest BCUT2D eigenvalue weighted by molar-refractivity contribution is 6.51. The Kier molecular flexibility index (Phi) is 6.38. The standard InChI is InChI=1S/C27H25N3O5/c1-15-13-22(35-4)16(2)12-21(15)25(32)23-24(18-8-10-28-11-9-18)30(27(34)26(23)33)20-7-5-6-19(14-20)29-17(3)31/h5-14,24,32H,1-4H3,(H,29,31)/b25-23+. The monoisotopic (exact) mass is 471 g/mol. The second kappa shape index (κ2) is 9.42. The third kappa shape index (κ3) is 4.38. The number of methoxy groups -OCH3 is 1. The van der Waals surface area contributed by atoms with E-state index >= 15 is 0 Å². The Morgan fingerprint density at radius 2 is 1.77 bits per heavy atom. The van der Waals surface area contributed by atoms with Crippen LogP contribution in [0.2, 0.25) is 0 Å². The number of benzene rings is 2. The summed E-state index contributed by atoms with van der Waals surface area (Å²) in [6.07, 6.45) is 3.12. The predicted molar refractivity (Wildman–Crippen MR) is 132 cm³/mol. The lowest BCUT2D eigenvalue weighted by Crippen LogP contribution is -2.29. The minimum atomic E-state index is -0.896. The van der Waals surface area contributed by atoms with Gasteiger partial charge >= 0.3 is 0 Å². The summed E-state index contributed by atoms with van der Waals surface area (Å²) in [5.41, 5.74) is 3.36. The summed E-state index contributed by atoms with van der Waals surface area (Å²) in [5, 5.41) is 14.1. The van der Waals surface area contributed by atoms with Crippen LogP contribution in [0.5, 0.6) is 5.75 Å². The average molecular weight is 472 g/mol. The van der Waals surface area contributed by atoms with E-state index < -0.39 is 17.7 Å². The molecule has 8 nitrogen and oxygen atoms in total. The van der Waals surface area contributed by atoms with Gasteiger partial charge < -0.3 is 15.2 Å². The molecular weight excluding hydrogens is 446 g/mol. The maximum absolute atomic E-state index is 13.4. The Morgan fingerprint density at radius 3 is 2.43 bits per heavy atom. The summed E-state index contributed by atoms with van der Waals surface area (Å²) >= 11 is 0. The van der Waals surface area contributed by atoms with Crippen molar-refractivity contribution in [2.45, 2.75) is 26.8 Å². The van der Waals surface area contributed by atoms with E-state index in [0.717, 1.165) is 5.56 Å². The molecule has 0 aliphatic carbocycles. The predicted octanol–water partition coefficient (Wildman–Crippen LogP) is 4.29. The zero-order valence-corrected chi connectivity index (χ0v) is 19.8. The van der Waals surface area contributed by atoms with E-state index in [1.54, 1.807) is 75.0 Å². The van der Waals surface area contributed by atoms with Crippen LogP contribution < -0.4 is 15.0 Å². The number of ketones is 1. The van der Waals surface area contributed by atoms with Gasteiger partial charge in [-0.3, -0.25) is 24.3 Å². The van der Waals surface area contributed by atoms with Crippen molar-refractivity contribution in [3.05, 3.63) is 88.8 Å². The minimum Gasteiger partial charge on any atom is -0.507 e. The number of anilines is 2. The molecule has 2 N–H and O–H groups in total. The molecule has 2 aromatic carbocycles. The molecule has 1 atom stereocenters. The molecule has 0 radical (unpaired) electrons. The lowest BCUT2D eigenvalue weighted by Gasteiger charge is -2.26. The summed E-state index contributed by atoms with van der Waals surface area (Å²) in [6.45, 7) is 5.02. The zero-order valence-electron chi connectivity index (χ0n) is 19.8. The number of aryl methyl sites for hydroxylation is 2. The van der Waals surface area contributed by atoms with Crippen LogP contribution in [0, 0.1) is 13.8 Å². The van der Waals surface area contributed by atoms with Crippen molar-refractivity contribution in [3.8, 4) is 5.75 Å². The van der Waals surface area contributed by atoms with Crippen LogP contribution in [0.1, 0.15) is 35.2 Å². The highest BCUT2D eigenvalue weighted by atomic mass is 16.5. The number of hydrogen-bond donors (Lipinski definition) is 2. The van der Waals surface area contributed by atoms with Crippen LogP contribution >= 0.6 is 0 Å². The number of Topliss-reactive ketones (excluding diaryl/α,β-unsaturated/α-hetero) is 1. The van der Waals surface area contributed by atoms with Gasteiger partial charge in [0.1, 0.15) is 11.5 Å². The quantitative estimate of drug-likeness (QED) is 0.326. The molecule has 2 amide bonds. The maximum atomic E-state index is 13.4. The van der Waals surface area contributed by atoms with Crippen LogP contribution in [-0.2, 0) is 14.4 Å². The van der Waals surface area contributed by atoms with E-state index in [9.17, 15) is 19.5 Å². The van der Waals surface area contributed by atoms with Gasteiger partial charge in [0, 0.05) is 36.3 Å². The molecule has 0 saturated carbocycles. The van der Waals surface area contributed by atoms with Crippen molar-refractivity contribution in [1.82, 2.24) is 4.98 Å². The zero-order chi connectivity index (χ0) is 25.3. The SMILES string of the molecule is COc1cc(C)c(/C(O)=C2\C(=O)C(=O)N(c3cccc(NC(C)=O)c3)C2c2ccncc2)cc1C. The number of rotatable bonds is 5. The van der Waals surface area contributed by atoms with Gasteiger partial charge in [-0.2, -0.15) is 0 Å². The fourth-order valence-electron chi connectivity index (χ4n) is 4.31. The lowest BCUT2D eigenvalue weighted by atomic mass is 9.93. The fourth-order valence-corrected chi connectivity index (χ4v) is 4.31. The van der Waals surface area contributed by atoms with Crippen molar-refractivity contribution < 1.29 is 24.2 Å². The summed E-state index contributed by atoms with van der Waals surface area (Å²) in [4.78, 5) is 43.6. The maximum Gasteiger partial charge on any atom is 0.300 e. The molecule has 1 aliphatic heterocycles. The Bertz CT molecular complexity index is 1360. The number of aliphatic hydroxyl groups is 1. The second-order valence-electron chi connectivity index (χ2n) is 8.32. The molecule has 0 spiro atoms. The number of pyridine rings is 1. The first-order chi connectivity index (χ1) is 16.7. The highest BCUT2D eigenvalue weighted by Gasteiger charge is 2.47. The Hall–Kier alpha value is -4.46. The molecule has 3 aromatic rings. The molecule has 178 valence electrons. The topological polar surface area (TPSA) is 109 Å². The van der Waals surface area contributed by atoms with Gasteiger partial charge in [-0.1, -0.05) is 6.07 Å². The second-order valence-corrected chi connectivity index (χ2v) is 8.32. The molecule has 1 aromatic heterocycles. The molecule has 2 heterocycles. The first kappa shape index (κ1) is 23.7. The number of hydrogen-bond acceptors (Lipinski definition) is 6. The normalized spacial score (nSPS) is 16.9. The molecular formula is C27H25N3O5. The fraction of sp³-hybridized carbons (Fsp3) is 0.185. The number of nitrogens with zero attached hydrogens (tertiary/aromatic N) is 2. The van der Waals surface area contributed by atoms with Crippen LogP contribution in [0.25, 0.3) is 5.76 Å². The largest absolute Gasteiger partial charge is 0.507 e. The van der Waals surface area contributed by atoms with Crippen LogP contribution in [-0.4, -0.2) is 34.8 Å². The number of carbonyl (C=O) groups excluding carboxylic acids is 3. The first-order valence-electron chi connectivity index (χ1n) is 11.0. The molecule has 4 rings (SSSR count). The third-order valence-electron chi connectivity index (χ3n) is 5.91. The smallest absolute Gasteiger partial charge is 0.300 e. The Labute approximate surface area is 202 Å². The van der Waals surface area contributed by atoms with E-state index in [2.05, 4.69) is 10.3 Å². The first-order valence-corrected chi connectivity index (χ1v) is 11.0. The molecule has 1 fully saturated rings. The molecule has 35 heavy (non-hydrogen) atoms. The summed E-state index contributed by atoms with van der Waals surface area (Å²) in [7, 11) is 1.56. The van der Waals surface area contributed by atoms with Crippen LogP contribution in [0.4, 0.5) is 11.4 Å². The molecule has 1 saturated heterocycles. The molecule has 8 heteroatoms. The lowest BCUT2D eigenvalue weighted by molar-refractivity contribution is -0.132. The van der Waals surface area contributed by atoms with Crippen molar-refractivity contribution in [2.24, 2.45) is 0 Å². The number of carbonyl (C=O) groups is 3. The number of aliphatic hydroxyl groups excluding tert-OH is 1. The van der Waals surface area contributed by atoms with Gasteiger partial charge in [-0.05, 0) is 73.0 Å². The van der Waals surface area contributed by atoms with Crippen molar-refractivity contribution in [2.75, 3.05) is 17.3 Å². The van der Waals surface area contributed by atoms with E-state index in [0.29, 0.717) is 33.8 Å². The number of aromatic nitrogens is 1. The van der Waals surface area contributed by atoms with Crippen molar-refractivity contribution in [3.63, 3.8) is 0 Å². The number of amides is 2. The summed E-state index contributed by atoms with van der Waals surface area (Å²) < 4.78 is 5.36. The van der Waals surface area contributed by atoms with E-state index in [4.69, 9.17) is 4.74 Å². The molecule has 0 bridgehead atoms. The van der Waals surface area contributed by atoms with Crippen LogP contribution in [0.15, 0.2) is 66.5 Å². The van der Waals surface area contributed by atoms with Gasteiger partial charge in [0.25, 0.3) is 11.7 Å². The highest BCUT2D eigenvalue weighted by Crippen LogP contribution is 2.43. The average Bonchev–Trinajstić information content (AvgIpc) is 3.10. The van der Waals surface area contributed by atoms with Gasteiger partial charge in [0.05, 0.1) is 18.7 Å². The van der Waals surface area contributed by atoms with Gasteiger partial charge in [-0.25, -0.2) is 0 Å². The van der Waals surface area contributed by atoms with Crippen LogP contribution in [0.3, 0.4) is 0 Å². The molecule has 1 aliphatic rings. The third-order valence-corrected chi connectivity index (χ3v) is 5.91. The molecule has 1 unspecified atom stereocenters. The van der Waals surface area contributed by atoms with Gasteiger partial charge in [0.2, 0.25) is 5.91 Å². The Morgan fingerprint density at radius 1 is 1.06 bits per heavy atom. The van der Waals surface area contributed by atoms with Gasteiger partial charge in [-0.15, -0.1) is 0 Å².